The van der Waals surface area contributed by atoms with Gasteiger partial charge in [0.15, 0.2) is 0 Å². The highest BCUT2D eigenvalue weighted by Gasteiger charge is 2.19. The predicted octanol–water partition coefficient (Wildman–Crippen LogP) is 2.12. The third-order valence-electron chi connectivity index (χ3n) is 3.09. The van der Waals surface area contributed by atoms with Gasteiger partial charge in [-0.25, -0.2) is 0 Å². The molecule has 1 atom stereocenters. The first-order chi connectivity index (χ1) is 7.16. The van der Waals surface area contributed by atoms with E-state index >= 15 is 0 Å². The van der Waals surface area contributed by atoms with E-state index in [0.717, 1.165) is 18.5 Å². The maximum Gasteiger partial charge on any atom is 0.0349 e. The first-order valence-corrected chi connectivity index (χ1v) is 5.79. The van der Waals surface area contributed by atoms with Crippen LogP contribution in [-0.2, 0) is 12.8 Å². The van der Waals surface area contributed by atoms with E-state index in [1.165, 1.54) is 17.5 Å². The minimum Gasteiger partial charge on any atom is -0.398 e. The zero-order chi connectivity index (χ0) is 10.8. The topological polar surface area (TPSA) is 38.0 Å². The van der Waals surface area contributed by atoms with Crippen LogP contribution in [0.1, 0.15) is 31.4 Å². The number of rotatable bonds is 2. The Morgan fingerprint density at radius 2 is 2.20 bits per heavy atom. The Morgan fingerprint density at radius 1 is 1.40 bits per heavy atom. The molecule has 0 spiro atoms. The van der Waals surface area contributed by atoms with Gasteiger partial charge in [-0.1, -0.05) is 26.0 Å². The molecule has 0 heterocycles. The third kappa shape index (κ3) is 2.32. The van der Waals surface area contributed by atoms with E-state index in [-0.39, 0.29) is 0 Å². The molecule has 0 bridgehead atoms. The van der Waals surface area contributed by atoms with Crippen LogP contribution >= 0.6 is 0 Å². The summed E-state index contributed by atoms with van der Waals surface area (Å²) >= 11 is 0. The van der Waals surface area contributed by atoms with Crippen molar-refractivity contribution in [3.8, 4) is 0 Å². The van der Waals surface area contributed by atoms with Crippen molar-refractivity contribution in [2.45, 2.75) is 45.2 Å². The van der Waals surface area contributed by atoms with Gasteiger partial charge >= 0.3 is 0 Å². The monoisotopic (exact) mass is 204 g/mol. The minimum absolute atomic E-state index is 0.567. The van der Waals surface area contributed by atoms with Crippen LogP contribution in [0.3, 0.4) is 0 Å². The van der Waals surface area contributed by atoms with E-state index in [9.17, 15) is 0 Å². The average Bonchev–Trinajstić information content (AvgIpc) is 2.17. The molecule has 2 nitrogen and oxygen atoms in total. The normalized spacial score (nSPS) is 20.3. The van der Waals surface area contributed by atoms with E-state index in [1.54, 1.807) is 0 Å². The first kappa shape index (κ1) is 10.5. The van der Waals surface area contributed by atoms with Crippen LogP contribution in [0.4, 0.5) is 5.69 Å². The fraction of sp³-hybridized carbons (Fsp3) is 0.538. The van der Waals surface area contributed by atoms with Gasteiger partial charge in [-0.05, 0) is 36.5 Å². The lowest BCUT2D eigenvalue weighted by molar-refractivity contribution is 0.422. The second kappa shape index (κ2) is 4.23. The van der Waals surface area contributed by atoms with Crippen LogP contribution < -0.4 is 11.1 Å². The first-order valence-electron chi connectivity index (χ1n) is 5.79. The fourth-order valence-electron chi connectivity index (χ4n) is 2.45. The van der Waals surface area contributed by atoms with Gasteiger partial charge in [0.05, 0.1) is 0 Å². The number of benzene rings is 1. The van der Waals surface area contributed by atoms with E-state index in [2.05, 4.69) is 31.3 Å². The zero-order valence-electron chi connectivity index (χ0n) is 9.59. The number of anilines is 1. The van der Waals surface area contributed by atoms with Gasteiger partial charge in [0.1, 0.15) is 0 Å². The Balaban J connectivity index is 2.13. The molecule has 1 unspecified atom stereocenters. The molecule has 82 valence electrons. The van der Waals surface area contributed by atoms with Gasteiger partial charge in [0, 0.05) is 17.8 Å². The van der Waals surface area contributed by atoms with Crippen LogP contribution in [-0.4, -0.2) is 12.1 Å². The van der Waals surface area contributed by atoms with E-state index < -0.39 is 0 Å². The molecule has 0 saturated heterocycles. The van der Waals surface area contributed by atoms with Gasteiger partial charge in [-0.15, -0.1) is 0 Å². The number of hydrogen-bond acceptors (Lipinski definition) is 2. The molecule has 1 aliphatic carbocycles. The summed E-state index contributed by atoms with van der Waals surface area (Å²) in [5.41, 5.74) is 9.74. The van der Waals surface area contributed by atoms with Gasteiger partial charge in [0.25, 0.3) is 0 Å². The van der Waals surface area contributed by atoms with Crippen molar-refractivity contribution < 1.29 is 0 Å². The number of nitrogens with one attached hydrogen (secondary N) is 1. The Kier molecular flexibility index (Phi) is 2.96. The second-order valence-corrected chi connectivity index (χ2v) is 4.75. The van der Waals surface area contributed by atoms with Gasteiger partial charge in [-0.3, -0.25) is 0 Å². The lowest BCUT2D eigenvalue weighted by atomic mass is 9.87. The van der Waals surface area contributed by atoms with Crippen LogP contribution in [0.2, 0.25) is 0 Å². The molecule has 1 aliphatic rings. The van der Waals surface area contributed by atoms with Crippen LogP contribution in [0, 0.1) is 0 Å². The summed E-state index contributed by atoms with van der Waals surface area (Å²) in [6, 6.07) is 7.47. The van der Waals surface area contributed by atoms with E-state index in [1.807, 2.05) is 6.07 Å². The second-order valence-electron chi connectivity index (χ2n) is 4.75. The Hall–Kier alpha value is -1.02. The Morgan fingerprint density at radius 3 is 2.93 bits per heavy atom. The molecular formula is C13H20N2. The van der Waals surface area contributed by atoms with E-state index in [4.69, 9.17) is 5.73 Å². The Bertz CT molecular complexity index is 344. The lowest BCUT2D eigenvalue weighted by Gasteiger charge is -2.28. The van der Waals surface area contributed by atoms with Crippen molar-refractivity contribution in [1.29, 1.82) is 0 Å². The largest absolute Gasteiger partial charge is 0.398 e. The maximum atomic E-state index is 5.97. The van der Waals surface area contributed by atoms with Crippen LogP contribution in [0.25, 0.3) is 0 Å². The summed E-state index contributed by atoms with van der Waals surface area (Å²) in [5.74, 6) is 0. The van der Waals surface area contributed by atoms with Crippen LogP contribution in [0.5, 0.6) is 0 Å². The summed E-state index contributed by atoms with van der Waals surface area (Å²) in [6.07, 6.45) is 3.45. The lowest BCUT2D eigenvalue weighted by Crippen LogP contribution is -2.38. The number of hydrogen-bond donors (Lipinski definition) is 2. The average molecular weight is 204 g/mol. The number of fused-ring (bicyclic) bond motifs is 1. The molecule has 0 saturated carbocycles. The summed E-state index contributed by atoms with van der Waals surface area (Å²) < 4.78 is 0. The van der Waals surface area contributed by atoms with Crippen LogP contribution in [0.15, 0.2) is 18.2 Å². The Labute approximate surface area is 91.9 Å². The molecule has 3 N–H and O–H groups in total. The van der Waals surface area contributed by atoms with Crippen molar-refractivity contribution >= 4 is 5.69 Å². The third-order valence-corrected chi connectivity index (χ3v) is 3.09. The highest BCUT2D eigenvalue weighted by molar-refractivity contribution is 5.52. The maximum absolute atomic E-state index is 5.97. The molecule has 2 heteroatoms. The molecule has 0 fully saturated rings. The van der Waals surface area contributed by atoms with Crippen molar-refractivity contribution in [2.75, 3.05) is 5.73 Å². The zero-order valence-corrected chi connectivity index (χ0v) is 9.59. The molecule has 1 aromatic rings. The van der Waals surface area contributed by atoms with E-state index in [0.29, 0.717) is 12.1 Å². The van der Waals surface area contributed by atoms with Gasteiger partial charge < -0.3 is 11.1 Å². The minimum atomic E-state index is 0.567. The molecule has 2 rings (SSSR count). The van der Waals surface area contributed by atoms with Gasteiger partial charge in [0.2, 0.25) is 0 Å². The number of nitrogens with two attached hydrogens (primary N) is 1. The molecule has 1 aromatic carbocycles. The van der Waals surface area contributed by atoms with Crippen molar-refractivity contribution in [1.82, 2.24) is 5.32 Å². The summed E-state index contributed by atoms with van der Waals surface area (Å²) in [5, 5.41) is 3.60. The smallest absolute Gasteiger partial charge is 0.0349 e. The summed E-state index contributed by atoms with van der Waals surface area (Å²) in [6.45, 7) is 4.41. The highest BCUT2D eigenvalue weighted by Crippen LogP contribution is 2.26. The molecule has 0 aromatic heterocycles. The number of nitrogen functional groups attached to an aromatic ring is 1. The van der Waals surface area contributed by atoms with Crippen molar-refractivity contribution in [2.24, 2.45) is 0 Å². The molecular weight excluding hydrogens is 184 g/mol. The summed E-state index contributed by atoms with van der Waals surface area (Å²) in [7, 11) is 0. The van der Waals surface area contributed by atoms with Gasteiger partial charge in [-0.2, -0.15) is 0 Å². The standard InChI is InChI=1S/C13H20N2/c1-9(2)15-11-6-7-12-10(8-11)4-3-5-13(12)14/h3-5,9,11,15H,6-8,14H2,1-2H3. The summed E-state index contributed by atoms with van der Waals surface area (Å²) in [4.78, 5) is 0. The fourth-order valence-corrected chi connectivity index (χ4v) is 2.45. The molecule has 15 heavy (non-hydrogen) atoms. The molecule has 0 aliphatic heterocycles. The highest BCUT2D eigenvalue weighted by atomic mass is 14.9. The quantitative estimate of drug-likeness (QED) is 0.724. The molecule has 0 radical (unpaired) electrons. The SMILES string of the molecule is CC(C)NC1CCc2c(N)cccc2C1. The molecule has 0 amide bonds. The predicted molar refractivity (Wildman–Crippen MR) is 64.9 cm³/mol. The van der Waals surface area contributed by atoms with Crippen molar-refractivity contribution in [3.05, 3.63) is 29.3 Å². The van der Waals surface area contributed by atoms with Crippen molar-refractivity contribution in [3.63, 3.8) is 0 Å².